The molecule has 102 valence electrons. The standard InChI is InChI=1S/C13H20FNO3/c1-17-7-6-9(15)8-11(16)13-10(14)4-3-5-12(13)18-2/h3-5,9,11,16H,6-8,15H2,1-2H3. The summed E-state index contributed by atoms with van der Waals surface area (Å²) >= 11 is 0. The Kier molecular flexibility index (Phi) is 6.04. The lowest BCUT2D eigenvalue weighted by Gasteiger charge is -2.19. The average Bonchev–Trinajstić information content (AvgIpc) is 2.35. The summed E-state index contributed by atoms with van der Waals surface area (Å²) in [6.07, 6.45) is -0.0988. The molecule has 0 aliphatic rings. The summed E-state index contributed by atoms with van der Waals surface area (Å²) in [5.41, 5.74) is 6.00. The minimum absolute atomic E-state index is 0.160. The molecule has 3 N–H and O–H groups in total. The number of rotatable bonds is 7. The molecule has 0 saturated heterocycles. The summed E-state index contributed by atoms with van der Waals surface area (Å²) in [5, 5.41) is 10.0. The van der Waals surface area contributed by atoms with Gasteiger partial charge in [0.1, 0.15) is 11.6 Å². The van der Waals surface area contributed by atoms with Gasteiger partial charge >= 0.3 is 0 Å². The van der Waals surface area contributed by atoms with Gasteiger partial charge in [-0.05, 0) is 25.0 Å². The maximum atomic E-state index is 13.7. The number of hydrogen-bond donors (Lipinski definition) is 2. The number of nitrogens with two attached hydrogens (primary N) is 1. The molecule has 0 radical (unpaired) electrons. The van der Waals surface area contributed by atoms with Crippen molar-refractivity contribution < 1.29 is 19.0 Å². The highest BCUT2D eigenvalue weighted by Crippen LogP contribution is 2.30. The van der Waals surface area contributed by atoms with Crippen molar-refractivity contribution in [2.45, 2.75) is 25.0 Å². The second-order valence-electron chi connectivity index (χ2n) is 4.15. The van der Waals surface area contributed by atoms with Gasteiger partial charge in [0.05, 0.1) is 18.8 Å². The molecule has 0 amide bonds. The van der Waals surface area contributed by atoms with Crippen LogP contribution < -0.4 is 10.5 Å². The highest BCUT2D eigenvalue weighted by Gasteiger charge is 2.20. The highest BCUT2D eigenvalue weighted by molar-refractivity contribution is 5.36. The molecule has 0 saturated carbocycles. The first-order valence-electron chi connectivity index (χ1n) is 5.85. The van der Waals surface area contributed by atoms with Gasteiger partial charge in [-0.25, -0.2) is 4.39 Å². The molecule has 18 heavy (non-hydrogen) atoms. The molecule has 0 aliphatic carbocycles. The van der Waals surface area contributed by atoms with Crippen LogP contribution >= 0.6 is 0 Å². The maximum absolute atomic E-state index is 13.7. The number of aliphatic hydroxyl groups is 1. The predicted octanol–water partition coefficient (Wildman–Crippen LogP) is 1.62. The molecule has 0 bridgehead atoms. The van der Waals surface area contributed by atoms with E-state index in [2.05, 4.69) is 0 Å². The summed E-state index contributed by atoms with van der Waals surface area (Å²) < 4.78 is 23.6. The van der Waals surface area contributed by atoms with Crippen LogP contribution in [0, 0.1) is 5.82 Å². The summed E-state index contributed by atoms with van der Waals surface area (Å²) in [5.74, 6) is -0.151. The first-order chi connectivity index (χ1) is 8.60. The number of aliphatic hydroxyl groups excluding tert-OH is 1. The molecule has 4 nitrogen and oxygen atoms in total. The maximum Gasteiger partial charge on any atom is 0.132 e. The third kappa shape index (κ3) is 3.94. The Balaban J connectivity index is 2.74. The third-order valence-corrected chi connectivity index (χ3v) is 2.78. The zero-order chi connectivity index (χ0) is 13.5. The fourth-order valence-corrected chi connectivity index (χ4v) is 1.81. The lowest BCUT2D eigenvalue weighted by atomic mass is 9.99. The van der Waals surface area contributed by atoms with E-state index in [1.54, 1.807) is 13.2 Å². The second-order valence-corrected chi connectivity index (χ2v) is 4.15. The van der Waals surface area contributed by atoms with Gasteiger partial charge in [-0.15, -0.1) is 0 Å². The summed E-state index contributed by atoms with van der Waals surface area (Å²) in [6, 6.07) is 4.20. The SMILES string of the molecule is COCCC(N)CC(O)c1c(F)cccc1OC. The van der Waals surface area contributed by atoms with Crippen molar-refractivity contribution in [1.29, 1.82) is 0 Å². The first kappa shape index (κ1) is 14.9. The van der Waals surface area contributed by atoms with Gasteiger partial charge in [0.15, 0.2) is 0 Å². The summed E-state index contributed by atoms with van der Waals surface area (Å²) in [6.45, 7) is 0.516. The Morgan fingerprint density at radius 3 is 2.72 bits per heavy atom. The second kappa shape index (κ2) is 7.31. The van der Waals surface area contributed by atoms with E-state index in [4.69, 9.17) is 15.2 Å². The van der Waals surface area contributed by atoms with E-state index in [0.717, 1.165) is 0 Å². The van der Waals surface area contributed by atoms with Gasteiger partial charge in [0.2, 0.25) is 0 Å². The smallest absolute Gasteiger partial charge is 0.132 e. The molecule has 5 heteroatoms. The lowest BCUT2D eigenvalue weighted by Crippen LogP contribution is -2.25. The number of ether oxygens (including phenoxy) is 2. The number of halogens is 1. The molecule has 1 aromatic rings. The van der Waals surface area contributed by atoms with Crippen molar-refractivity contribution in [3.63, 3.8) is 0 Å². The third-order valence-electron chi connectivity index (χ3n) is 2.78. The molecule has 0 aliphatic heterocycles. The van der Waals surface area contributed by atoms with Crippen LogP contribution in [0.2, 0.25) is 0 Å². The van der Waals surface area contributed by atoms with Gasteiger partial charge < -0.3 is 20.3 Å². The predicted molar refractivity (Wildman–Crippen MR) is 67.0 cm³/mol. The molecule has 0 fully saturated rings. The molecule has 1 aromatic carbocycles. The van der Waals surface area contributed by atoms with Crippen molar-refractivity contribution in [2.24, 2.45) is 5.73 Å². The monoisotopic (exact) mass is 257 g/mol. The molecule has 2 unspecified atom stereocenters. The van der Waals surface area contributed by atoms with E-state index in [9.17, 15) is 9.50 Å². The number of hydrogen-bond acceptors (Lipinski definition) is 4. The van der Waals surface area contributed by atoms with E-state index in [1.807, 2.05) is 0 Å². The van der Waals surface area contributed by atoms with Crippen molar-refractivity contribution >= 4 is 0 Å². The molecule has 0 heterocycles. The van der Waals surface area contributed by atoms with Crippen molar-refractivity contribution in [3.8, 4) is 5.75 Å². The minimum Gasteiger partial charge on any atom is -0.496 e. The van der Waals surface area contributed by atoms with Crippen molar-refractivity contribution in [3.05, 3.63) is 29.6 Å². The van der Waals surface area contributed by atoms with Crippen LogP contribution in [0.3, 0.4) is 0 Å². The lowest BCUT2D eigenvalue weighted by molar-refractivity contribution is 0.135. The van der Waals surface area contributed by atoms with Crippen molar-refractivity contribution in [1.82, 2.24) is 0 Å². The van der Waals surface area contributed by atoms with Crippen LogP contribution in [0.25, 0.3) is 0 Å². The Morgan fingerprint density at radius 2 is 2.11 bits per heavy atom. The van der Waals surface area contributed by atoms with Gasteiger partial charge in [-0.2, -0.15) is 0 Å². The topological polar surface area (TPSA) is 64.7 Å². The molecular formula is C13H20FNO3. The minimum atomic E-state index is -0.979. The average molecular weight is 257 g/mol. The zero-order valence-corrected chi connectivity index (χ0v) is 10.7. The van der Waals surface area contributed by atoms with Crippen LogP contribution in [-0.2, 0) is 4.74 Å². The van der Waals surface area contributed by atoms with Crippen LogP contribution in [0.5, 0.6) is 5.75 Å². The van der Waals surface area contributed by atoms with Crippen LogP contribution in [0.1, 0.15) is 24.5 Å². The van der Waals surface area contributed by atoms with E-state index in [-0.39, 0.29) is 18.0 Å². The van der Waals surface area contributed by atoms with Gasteiger partial charge in [-0.3, -0.25) is 0 Å². The fourth-order valence-electron chi connectivity index (χ4n) is 1.81. The quantitative estimate of drug-likeness (QED) is 0.779. The molecule has 0 spiro atoms. The normalized spacial score (nSPS) is 14.3. The van der Waals surface area contributed by atoms with E-state index in [1.165, 1.54) is 19.2 Å². The molecule has 1 rings (SSSR count). The van der Waals surface area contributed by atoms with Crippen molar-refractivity contribution in [2.75, 3.05) is 20.8 Å². The Hall–Kier alpha value is -1.17. The summed E-state index contributed by atoms with van der Waals surface area (Å²) in [7, 11) is 3.03. The van der Waals surface area contributed by atoms with Gasteiger partial charge in [-0.1, -0.05) is 6.07 Å². The first-order valence-corrected chi connectivity index (χ1v) is 5.85. The Morgan fingerprint density at radius 1 is 1.39 bits per heavy atom. The van der Waals surface area contributed by atoms with Crippen LogP contribution in [0.15, 0.2) is 18.2 Å². The van der Waals surface area contributed by atoms with E-state index < -0.39 is 11.9 Å². The van der Waals surface area contributed by atoms with E-state index >= 15 is 0 Å². The summed E-state index contributed by atoms with van der Waals surface area (Å²) in [4.78, 5) is 0. The van der Waals surface area contributed by atoms with Crippen LogP contribution in [-0.4, -0.2) is 32.0 Å². The molecule has 0 aromatic heterocycles. The number of methoxy groups -OCH3 is 2. The van der Waals surface area contributed by atoms with E-state index in [0.29, 0.717) is 18.8 Å². The largest absolute Gasteiger partial charge is 0.496 e. The molecule has 2 atom stereocenters. The Bertz CT molecular complexity index is 373. The fraction of sp³-hybridized carbons (Fsp3) is 0.538. The van der Waals surface area contributed by atoms with Gasteiger partial charge in [0.25, 0.3) is 0 Å². The van der Waals surface area contributed by atoms with Gasteiger partial charge in [0, 0.05) is 19.8 Å². The number of benzene rings is 1. The Labute approximate surface area is 107 Å². The highest BCUT2D eigenvalue weighted by atomic mass is 19.1. The zero-order valence-electron chi connectivity index (χ0n) is 10.7. The van der Waals surface area contributed by atoms with Crippen LogP contribution in [0.4, 0.5) is 4.39 Å². The molecular weight excluding hydrogens is 237 g/mol.